The van der Waals surface area contributed by atoms with Crippen molar-refractivity contribution in [2.24, 2.45) is 11.7 Å². The Balaban J connectivity index is 2.60. The Morgan fingerprint density at radius 3 is 2.68 bits per heavy atom. The first-order valence-electron chi connectivity index (χ1n) is 5.94. The van der Waals surface area contributed by atoms with E-state index in [2.05, 4.69) is 20.4 Å². The second kappa shape index (κ2) is 6.83. The number of methoxy groups -OCH3 is 1. The quantitative estimate of drug-likeness (QED) is 0.644. The maximum atomic E-state index is 11.8. The highest BCUT2D eigenvalue weighted by atomic mass is 16.5. The molecule has 0 saturated carbocycles. The van der Waals surface area contributed by atoms with Crippen molar-refractivity contribution in [3.8, 4) is 0 Å². The number of nitrogens with two attached hydrogens (primary N) is 1. The molecule has 1 atom stereocenters. The number of esters is 1. The number of ether oxygens (including phenoxy) is 1. The third kappa shape index (κ3) is 4.32. The van der Waals surface area contributed by atoms with Gasteiger partial charge in [0.1, 0.15) is 12.6 Å². The second-order valence-corrected chi connectivity index (χ2v) is 4.42. The first kappa shape index (κ1) is 15.1. The summed E-state index contributed by atoms with van der Waals surface area (Å²) in [6, 6.07) is -0.671. The van der Waals surface area contributed by atoms with Gasteiger partial charge in [-0.25, -0.2) is 9.48 Å². The zero-order valence-corrected chi connectivity index (χ0v) is 11.3. The van der Waals surface area contributed by atoms with Gasteiger partial charge in [-0.15, -0.1) is 5.10 Å². The van der Waals surface area contributed by atoms with E-state index in [1.165, 1.54) is 11.8 Å². The van der Waals surface area contributed by atoms with Crippen LogP contribution in [0.2, 0.25) is 0 Å². The molecule has 1 rings (SSSR count). The number of amides is 1. The van der Waals surface area contributed by atoms with Gasteiger partial charge in [-0.05, 0) is 5.92 Å². The van der Waals surface area contributed by atoms with Gasteiger partial charge in [-0.3, -0.25) is 4.79 Å². The first-order valence-corrected chi connectivity index (χ1v) is 5.94. The first-order chi connectivity index (χ1) is 8.97. The highest BCUT2D eigenvalue weighted by molar-refractivity contribution is 5.84. The fourth-order valence-electron chi connectivity index (χ4n) is 1.50. The number of carbonyl (C=O) groups excluding carboxylic acids is 2. The maximum absolute atomic E-state index is 11.8. The highest BCUT2D eigenvalue weighted by Crippen LogP contribution is 2.03. The van der Waals surface area contributed by atoms with Crippen molar-refractivity contribution in [1.29, 1.82) is 0 Å². The van der Waals surface area contributed by atoms with Crippen LogP contribution in [0.5, 0.6) is 0 Å². The lowest BCUT2D eigenvalue weighted by Gasteiger charge is -2.19. The number of nitrogens with zero attached hydrogens (tertiary/aromatic N) is 3. The smallest absolute Gasteiger partial charge is 0.328 e. The van der Waals surface area contributed by atoms with Crippen LogP contribution in [0.4, 0.5) is 0 Å². The third-order valence-corrected chi connectivity index (χ3v) is 2.54. The van der Waals surface area contributed by atoms with Crippen LogP contribution in [-0.2, 0) is 27.4 Å². The molecule has 0 spiro atoms. The van der Waals surface area contributed by atoms with Crippen LogP contribution in [0.1, 0.15) is 19.5 Å². The van der Waals surface area contributed by atoms with Crippen LogP contribution in [-0.4, -0.2) is 40.0 Å². The Hall–Kier alpha value is -1.96. The Bertz CT molecular complexity index is 443. The zero-order valence-electron chi connectivity index (χ0n) is 11.3. The van der Waals surface area contributed by atoms with Crippen molar-refractivity contribution in [3.63, 3.8) is 0 Å². The van der Waals surface area contributed by atoms with Crippen molar-refractivity contribution in [2.45, 2.75) is 33.0 Å². The van der Waals surface area contributed by atoms with E-state index in [0.29, 0.717) is 5.69 Å². The van der Waals surface area contributed by atoms with Gasteiger partial charge >= 0.3 is 5.97 Å². The van der Waals surface area contributed by atoms with E-state index >= 15 is 0 Å². The minimum Gasteiger partial charge on any atom is -0.467 e. The summed E-state index contributed by atoms with van der Waals surface area (Å²) in [7, 11) is 1.29. The minimum atomic E-state index is -0.671. The fourth-order valence-corrected chi connectivity index (χ4v) is 1.50. The number of hydrogen-bond acceptors (Lipinski definition) is 6. The summed E-state index contributed by atoms with van der Waals surface area (Å²) < 4.78 is 6.01. The molecule has 0 aliphatic carbocycles. The molecule has 0 radical (unpaired) electrons. The van der Waals surface area contributed by atoms with Gasteiger partial charge in [0.15, 0.2) is 0 Å². The second-order valence-electron chi connectivity index (χ2n) is 4.42. The Morgan fingerprint density at radius 1 is 1.53 bits per heavy atom. The summed E-state index contributed by atoms with van der Waals surface area (Å²) in [4.78, 5) is 23.3. The molecule has 1 heterocycles. The highest BCUT2D eigenvalue weighted by Gasteiger charge is 2.24. The number of rotatable bonds is 6. The lowest BCUT2D eigenvalue weighted by Crippen LogP contribution is -2.46. The topological polar surface area (TPSA) is 112 Å². The van der Waals surface area contributed by atoms with Gasteiger partial charge in [-0.1, -0.05) is 19.1 Å². The molecular weight excluding hydrogens is 250 g/mol. The van der Waals surface area contributed by atoms with Crippen LogP contribution in [0.3, 0.4) is 0 Å². The summed E-state index contributed by atoms with van der Waals surface area (Å²) >= 11 is 0. The lowest BCUT2D eigenvalue weighted by atomic mass is 10.0. The van der Waals surface area contributed by atoms with Crippen LogP contribution in [0, 0.1) is 5.92 Å². The molecule has 0 saturated heterocycles. The molecular formula is C11H19N5O3. The molecule has 19 heavy (non-hydrogen) atoms. The number of aromatic nitrogens is 3. The molecule has 1 aromatic rings. The third-order valence-electron chi connectivity index (χ3n) is 2.54. The maximum Gasteiger partial charge on any atom is 0.328 e. The molecule has 1 amide bonds. The van der Waals surface area contributed by atoms with Crippen LogP contribution >= 0.6 is 0 Å². The molecule has 1 unspecified atom stereocenters. The Morgan fingerprint density at radius 2 is 2.21 bits per heavy atom. The SMILES string of the molecule is COC(=O)C(NC(=O)Cn1cc(CN)nn1)C(C)C. The van der Waals surface area contributed by atoms with Crippen molar-refractivity contribution in [3.05, 3.63) is 11.9 Å². The molecule has 1 aromatic heterocycles. The van der Waals surface area contributed by atoms with Crippen LogP contribution < -0.4 is 11.1 Å². The Kier molecular flexibility index (Phi) is 5.43. The van der Waals surface area contributed by atoms with Crippen molar-refractivity contribution < 1.29 is 14.3 Å². The minimum absolute atomic E-state index is 0.0206. The fraction of sp³-hybridized carbons (Fsp3) is 0.636. The number of nitrogens with one attached hydrogen (secondary N) is 1. The van der Waals surface area contributed by atoms with Gasteiger partial charge in [0.2, 0.25) is 5.91 Å². The predicted molar refractivity (Wildman–Crippen MR) is 66.7 cm³/mol. The summed E-state index contributed by atoms with van der Waals surface area (Å²) in [6.07, 6.45) is 1.59. The molecule has 0 bridgehead atoms. The average Bonchev–Trinajstić information content (AvgIpc) is 2.82. The van der Waals surface area contributed by atoms with Gasteiger partial charge < -0.3 is 15.8 Å². The normalized spacial score (nSPS) is 12.3. The average molecular weight is 269 g/mol. The van der Waals surface area contributed by atoms with Crippen LogP contribution in [0.15, 0.2) is 6.20 Å². The Labute approximate surface area is 111 Å². The van der Waals surface area contributed by atoms with Crippen molar-refractivity contribution >= 4 is 11.9 Å². The van der Waals surface area contributed by atoms with E-state index in [9.17, 15) is 9.59 Å². The number of carbonyl (C=O) groups is 2. The molecule has 0 aromatic carbocycles. The van der Waals surface area contributed by atoms with E-state index in [1.807, 2.05) is 13.8 Å². The summed E-state index contributed by atoms with van der Waals surface area (Å²) in [5, 5.41) is 10.1. The molecule has 3 N–H and O–H groups in total. The largest absolute Gasteiger partial charge is 0.467 e. The van der Waals surface area contributed by atoms with Gasteiger partial charge in [-0.2, -0.15) is 0 Å². The van der Waals surface area contributed by atoms with E-state index in [4.69, 9.17) is 5.73 Å². The zero-order chi connectivity index (χ0) is 14.4. The summed E-state index contributed by atoms with van der Waals surface area (Å²) in [5.41, 5.74) is 5.99. The molecule has 0 aliphatic rings. The van der Waals surface area contributed by atoms with Crippen molar-refractivity contribution in [2.75, 3.05) is 7.11 Å². The van der Waals surface area contributed by atoms with Crippen molar-refractivity contribution in [1.82, 2.24) is 20.3 Å². The molecule has 8 heteroatoms. The van der Waals surface area contributed by atoms with Gasteiger partial charge in [0, 0.05) is 6.54 Å². The monoisotopic (exact) mass is 269 g/mol. The summed E-state index contributed by atoms with van der Waals surface area (Å²) in [6.45, 7) is 3.89. The van der Waals surface area contributed by atoms with Gasteiger partial charge in [0.25, 0.3) is 0 Å². The molecule has 8 nitrogen and oxygen atoms in total. The van der Waals surface area contributed by atoms with E-state index < -0.39 is 12.0 Å². The molecule has 0 fully saturated rings. The lowest BCUT2D eigenvalue weighted by molar-refractivity contribution is -0.146. The molecule has 0 aliphatic heterocycles. The predicted octanol–water partition coefficient (Wildman–Crippen LogP) is -0.949. The molecule has 106 valence electrons. The van der Waals surface area contributed by atoms with E-state index in [-0.39, 0.29) is 24.9 Å². The summed E-state index contributed by atoms with van der Waals surface area (Å²) in [5.74, 6) is -0.867. The standard InChI is InChI=1S/C11H19N5O3/c1-7(2)10(11(18)19-3)13-9(17)6-16-5-8(4-12)14-15-16/h5,7,10H,4,6,12H2,1-3H3,(H,13,17). The van der Waals surface area contributed by atoms with Crippen LogP contribution in [0.25, 0.3) is 0 Å². The number of hydrogen-bond donors (Lipinski definition) is 2. The van der Waals surface area contributed by atoms with Gasteiger partial charge in [0.05, 0.1) is 19.0 Å². The van der Waals surface area contributed by atoms with E-state index in [1.54, 1.807) is 6.20 Å². The van der Waals surface area contributed by atoms with E-state index in [0.717, 1.165) is 0 Å².